The van der Waals surface area contributed by atoms with Crippen LogP contribution >= 0.6 is 0 Å². The van der Waals surface area contributed by atoms with Gasteiger partial charge in [-0.05, 0) is 59.7 Å². The third-order valence-corrected chi connectivity index (χ3v) is 5.29. The fourth-order valence-electron chi connectivity index (χ4n) is 3.62. The van der Waals surface area contributed by atoms with E-state index in [2.05, 4.69) is 20.7 Å². The molecule has 0 saturated heterocycles. The van der Waals surface area contributed by atoms with Crippen LogP contribution < -0.4 is 16.4 Å². The Morgan fingerprint density at radius 1 is 0.941 bits per heavy atom. The number of nitrogens with zero attached hydrogens (tertiary/aromatic N) is 3. The molecule has 168 valence electrons. The highest BCUT2D eigenvalue weighted by Crippen LogP contribution is 2.24. The molecule has 0 unspecified atom stereocenters. The van der Waals surface area contributed by atoms with Gasteiger partial charge < -0.3 is 16.4 Å². The number of benzene rings is 3. The van der Waals surface area contributed by atoms with Crippen molar-refractivity contribution in [3.05, 3.63) is 103 Å². The van der Waals surface area contributed by atoms with Gasteiger partial charge in [0.15, 0.2) is 5.65 Å². The number of hydrogen-bond acceptors (Lipinski definition) is 5. The van der Waals surface area contributed by atoms with E-state index >= 15 is 0 Å². The minimum atomic E-state index is -0.355. The number of nitrogen functional groups attached to an aromatic ring is 1. The molecule has 5 rings (SSSR count). The molecule has 3 aromatic carbocycles. The highest BCUT2D eigenvalue weighted by atomic mass is 19.1. The fraction of sp³-hybridized carbons (Fsp3) is 0.0385. The Labute approximate surface area is 195 Å². The SMILES string of the molecule is Nc1ccccc1Nc1nc2ccc(-c3ccc(NC(=O)Cc4cccc(F)c4)cc3)cn2n1. The molecule has 0 bridgehead atoms. The maximum Gasteiger partial charge on any atom is 0.247 e. The molecule has 0 radical (unpaired) electrons. The number of nitrogens with two attached hydrogens (primary N) is 1. The zero-order chi connectivity index (χ0) is 23.5. The first-order valence-electron chi connectivity index (χ1n) is 10.7. The number of nitrogens with one attached hydrogen (secondary N) is 2. The van der Waals surface area contributed by atoms with Crippen LogP contribution in [0.3, 0.4) is 0 Å². The molecule has 0 aliphatic heterocycles. The second-order valence-electron chi connectivity index (χ2n) is 7.80. The molecular formula is C26H21FN6O. The molecule has 0 spiro atoms. The molecule has 2 heterocycles. The molecule has 0 saturated carbocycles. The number of para-hydroxylation sites is 2. The number of amides is 1. The zero-order valence-electron chi connectivity index (χ0n) is 18.1. The van der Waals surface area contributed by atoms with Crippen LogP contribution in [-0.2, 0) is 11.2 Å². The maximum atomic E-state index is 13.3. The number of hydrogen-bond donors (Lipinski definition) is 3. The third kappa shape index (κ3) is 4.71. The molecule has 7 nitrogen and oxygen atoms in total. The molecule has 8 heteroatoms. The van der Waals surface area contributed by atoms with Crippen molar-refractivity contribution in [3.63, 3.8) is 0 Å². The second kappa shape index (κ2) is 9.03. The van der Waals surface area contributed by atoms with Gasteiger partial charge in [-0.1, -0.05) is 36.4 Å². The van der Waals surface area contributed by atoms with Gasteiger partial charge in [-0.15, -0.1) is 5.10 Å². The first kappa shape index (κ1) is 21.1. The Kier molecular flexibility index (Phi) is 5.61. The lowest BCUT2D eigenvalue weighted by Crippen LogP contribution is -2.14. The standard InChI is InChI=1S/C26H21FN6O/c27-20-5-3-4-17(14-20)15-25(34)29-21-11-8-18(9-12-21)19-10-13-24-31-26(32-33(24)16-19)30-23-7-2-1-6-22(23)28/h1-14,16H,15,28H2,(H,29,34)(H,30,32). The van der Waals surface area contributed by atoms with Crippen LogP contribution in [0, 0.1) is 5.82 Å². The Hall–Kier alpha value is -4.72. The third-order valence-electron chi connectivity index (χ3n) is 5.29. The summed E-state index contributed by atoms with van der Waals surface area (Å²) < 4.78 is 15.0. The van der Waals surface area contributed by atoms with E-state index in [9.17, 15) is 9.18 Å². The van der Waals surface area contributed by atoms with Crippen LogP contribution in [0.4, 0.5) is 27.4 Å². The minimum absolute atomic E-state index is 0.105. The van der Waals surface area contributed by atoms with Crippen molar-refractivity contribution < 1.29 is 9.18 Å². The zero-order valence-corrected chi connectivity index (χ0v) is 18.1. The summed E-state index contributed by atoms with van der Waals surface area (Å²) in [4.78, 5) is 16.8. The van der Waals surface area contributed by atoms with Crippen LogP contribution in [0.25, 0.3) is 16.8 Å². The maximum absolute atomic E-state index is 13.3. The number of pyridine rings is 1. The topological polar surface area (TPSA) is 97.3 Å². The molecule has 34 heavy (non-hydrogen) atoms. The number of aromatic nitrogens is 3. The van der Waals surface area contributed by atoms with E-state index in [4.69, 9.17) is 5.73 Å². The lowest BCUT2D eigenvalue weighted by molar-refractivity contribution is -0.115. The van der Waals surface area contributed by atoms with Gasteiger partial charge in [-0.25, -0.2) is 8.91 Å². The predicted molar refractivity (Wildman–Crippen MR) is 131 cm³/mol. The Bertz CT molecular complexity index is 1480. The molecule has 5 aromatic rings. The first-order chi connectivity index (χ1) is 16.5. The van der Waals surface area contributed by atoms with Gasteiger partial charge in [0.1, 0.15) is 5.82 Å². The molecule has 1 amide bonds. The highest BCUT2D eigenvalue weighted by Gasteiger charge is 2.09. The number of rotatable bonds is 6. The van der Waals surface area contributed by atoms with Gasteiger partial charge >= 0.3 is 0 Å². The molecule has 2 aromatic heterocycles. The van der Waals surface area contributed by atoms with E-state index < -0.39 is 0 Å². The van der Waals surface area contributed by atoms with Crippen LogP contribution in [-0.4, -0.2) is 20.5 Å². The lowest BCUT2D eigenvalue weighted by Gasteiger charge is -2.07. The van der Waals surface area contributed by atoms with Crippen LogP contribution in [0.1, 0.15) is 5.56 Å². The van der Waals surface area contributed by atoms with E-state index in [0.717, 1.165) is 16.8 Å². The Balaban J connectivity index is 1.28. The molecule has 0 atom stereocenters. The van der Waals surface area contributed by atoms with Gasteiger partial charge in [-0.2, -0.15) is 4.98 Å². The summed E-state index contributed by atoms with van der Waals surface area (Å²) in [6.45, 7) is 0. The first-order valence-corrected chi connectivity index (χ1v) is 10.7. The van der Waals surface area contributed by atoms with Crippen molar-refractivity contribution in [3.8, 4) is 11.1 Å². The van der Waals surface area contributed by atoms with Gasteiger partial charge in [0.25, 0.3) is 0 Å². The quantitative estimate of drug-likeness (QED) is 0.314. The number of fused-ring (bicyclic) bond motifs is 1. The van der Waals surface area contributed by atoms with Crippen LogP contribution in [0.5, 0.6) is 0 Å². The van der Waals surface area contributed by atoms with E-state index in [1.165, 1.54) is 12.1 Å². The summed E-state index contributed by atoms with van der Waals surface area (Å²) in [5, 5.41) is 10.5. The van der Waals surface area contributed by atoms with E-state index in [-0.39, 0.29) is 18.1 Å². The smallest absolute Gasteiger partial charge is 0.247 e. The van der Waals surface area contributed by atoms with Crippen molar-refractivity contribution in [2.24, 2.45) is 0 Å². The predicted octanol–water partition coefficient (Wildman–Crippen LogP) is 5.04. The summed E-state index contributed by atoms with van der Waals surface area (Å²) in [5.41, 5.74) is 11.2. The van der Waals surface area contributed by atoms with Gasteiger partial charge in [0.2, 0.25) is 11.9 Å². The highest BCUT2D eigenvalue weighted by molar-refractivity contribution is 5.92. The lowest BCUT2D eigenvalue weighted by atomic mass is 10.1. The average Bonchev–Trinajstić information content (AvgIpc) is 3.22. The van der Waals surface area contributed by atoms with Crippen molar-refractivity contribution in [2.45, 2.75) is 6.42 Å². The monoisotopic (exact) mass is 452 g/mol. The molecule has 0 fully saturated rings. The summed E-state index contributed by atoms with van der Waals surface area (Å²) in [5.74, 6) is -0.112. The fourth-order valence-corrected chi connectivity index (χ4v) is 3.62. The Morgan fingerprint density at radius 3 is 2.53 bits per heavy atom. The van der Waals surface area contributed by atoms with Crippen molar-refractivity contribution in [2.75, 3.05) is 16.4 Å². The van der Waals surface area contributed by atoms with Crippen molar-refractivity contribution in [1.82, 2.24) is 14.6 Å². The number of carbonyl (C=O) groups excluding carboxylic acids is 1. The summed E-state index contributed by atoms with van der Waals surface area (Å²) in [6, 6.07) is 24.8. The van der Waals surface area contributed by atoms with Crippen molar-refractivity contribution >= 4 is 34.6 Å². The Morgan fingerprint density at radius 2 is 1.74 bits per heavy atom. The van der Waals surface area contributed by atoms with Crippen molar-refractivity contribution in [1.29, 1.82) is 0 Å². The van der Waals surface area contributed by atoms with Gasteiger partial charge in [0.05, 0.1) is 17.8 Å². The van der Waals surface area contributed by atoms with E-state index in [0.29, 0.717) is 28.5 Å². The largest absolute Gasteiger partial charge is 0.397 e. The van der Waals surface area contributed by atoms with E-state index in [1.54, 1.807) is 16.6 Å². The molecule has 0 aliphatic carbocycles. The normalized spacial score (nSPS) is 10.9. The summed E-state index contributed by atoms with van der Waals surface area (Å²) in [7, 11) is 0. The van der Waals surface area contributed by atoms with E-state index in [1.807, 2.05) is 66.9 Å². The molecule has 4 N–H and O–H groups in total. The number of halogens is 1. The van der Waals surface area contributed by atoms with Crippen LogP contribution in [0.2, 0.25) is 0 Å². The van der Waals surface area contributed by atoms with Crippen LogP contribution in [0.15, 0.2) is 91.1 Å². The molecular weight excluding hydrogens is 431 g/mol. The summed E-state index contributed by atoms with van der Waals surface area (Å²) in [6.07, 6.45) is 1.99. The minimum Gasteiger partial charge on any atom is -0.397 e. The van der Waals surface area contributed by atoms with Gasteiger partial charge in [-0.3, -0.25) is 4.79 Å². The second-order valence-corrected chi connectivity index (χ2v) is 7.80. The van der Waals surface area contributed by atoms with Gasteiger partial charge in [0, 0.05) is 17.4 Å². The number of anilines is 4. The average molecular weight is 452 g/mol. The summed E-state index contributed by atoms with van der Waals surface area (Å²) >= 11 is 0. The molecule has 0 aliphatic rings. The number of carbonyl (C=O) groups is 1.